The molecule has 24 rings (SSSR count). The normalized spacial score (nSPS) is 11.8. The summed E-state index contributed by atoms with van der Waals surface area (Å²) >= 11 is 5.66. The van der Waals surface area contributed by atoms with Crippen molar-refractivity contribution in [2.24, 2.45) is 0 Å². The van der Waals surface area contributed by atoms with Gasteiger partial charge < -0.3 is 0 Å². The molecule has 0 radical (unpaired) electrons. The first kappa shape index (κ1) is 71.6. The van der Waals surface area contributed by atoms with Crippen LogP contribution >= 0.6 is 34.0 Å². The van der Waals surface area contributed by atoms with E-state index in [1.54, 1.807) is 0 Å². The molecule has 0 unspecified atom stereocenters. The highest BCUT2D eigenvalue weighted by atomic mass is 32.1. The monoisotopic (exact) mass is 1570 g/mol. The summed E-state index contributed by atoms with van der Waals surface area (Å²) in [6, 6.07) is 154. The number of rotatable bonds is 8. The molecule has 3 heterocycles. The molecule has 0 aliphatic carbocycles. The highest BCUT2D eigenvalue weighted by molar-refractivity contribution is 7.27. The van der Waals surface area contributed by atoms with Gasteiger partial charge in [-0.05, 0) is 224 Å². The van der Waals surface area contributed by atoms with E-state index in [4.69, 9.17) is 0 Å². The second-order valence-corrected chi connectivity index (χ2v) is 35.6. The Hall–Kier alpha value is -13.9. The van der Waals surface area contributed by atoms with E-state index in [1.807, 2.05) is 34.0 Å². The third-order valence-corrected chi connectivity index (χ3v) is 28.0. The summed E-state index contributed by atoms with van der Waals surface area (Å²) in [5.41, 5.74) is 21.8. The molecular weight excluding hydrogens is 1490 g/mol. The largest absolute Gasteiger partial charge is 0.135 e. The Balaban J connectivity index is 0.000000108. The molecule has 0 spiro atoms. The zero-order valence-electron chi connectivity index (χ0n) is 66.1. The van der Waals surface area contributed by atoms with E-state index >= 15 is 0 Å². The van der Waals surface area contributed by atoms with Crippen LogP contribution in [-0.2, 0) is 5.41 Å². The van der Waals surface area contributed by atoms with Crippen LogP contribution in [0.5, 0.6) is 0 Å². The molecule has 21 aromatic carbocycles. The van der Waals surface area contributed by atoms with Crippen molar-refractivity contribution in [1.29, 1.82) is 0 Å². The van der Waals surface area contributed by atoms with Crippen molar-refractivity contribution in [3.8, 4) is 89.0 Å². The lowest BCUT2D eigenvalue weighted by molar-refractivity contribution is 0.591. The van der Waals surface area contributed by atoms with E-state index in [-0.39, 0.29) is 5.41 Å². The number of hydrogen-bond acceptors (Lipinski definition) is 3. The molecule has 0 atom stereocenters. The molecule has 0 saturated heterocycles. The molecule has 0 amide bonds. The summed E-state index contributed by atoms with van der Waals surface area (Å²) in [6.07, 6.45) is 0. The summed E-state index contributed by atoms with van der Waals surface area (Å²) in [7, 11) is 0. The topological polar surface area (TPSA) is 0 Å². The van der Waals surface area contributed by atoms with Crippen molar-refractivity contribution in [1.82, 2.24) is 0 Å². The second kappa shape index (κ2) is 29.7. The Bertz CT molecular complexity index is 8100. The van der Waals surface area contributed by atoms with Gasteiger partial charge in [0.15, 0.2) is 0 Å². The number of fused-ring (bicyclic) bond motifs is 19. The Labute approximate surface area is 703 Å². The van der Waals surface area contributed by atoms with Crippen LogP contribution in [0.25, 0.3) is 225 Å². The molecule has 0 bridgehead atoms. The van der Waals surface area contributed by atoms with Gasteiger partial charge in [-0.2, -0.15) is 0 Å². The van der Waals surface area contributed by atoms with Gasteiger partial charge >= 0.3 is 0 Å². The van der Waals surface area contributed by atoms with Gasteiger partial charge in [0.05, 0.1) is 0 Å². The Kier molecular flexibility index (Phi) is 17.9. The molecule has 0 fully saturated rings. The first-order chi connectivity index (χ1) is 58.6. The van der Waals surface area contributed by atoms with Crippen LogP contribution in [-0.4, -0.2) is 0 Å². The van der Waals surface area contributed by atoms with Crippen LogP contribution in [0.3, 0.4) is 0 Å². The van der Waals surface area contributed by atoms with Crippen LogP contribution < -0.4 is 0 Å². The maximum absolute atomic E-state index is 2.39. The molecule has 3 heteroatoms. The summed E-state index contributed by atoms with van der Waals surface area (Å²) in [6.45, 7) is 6.85. The predicted molar refractivity (Wildman–Crippen MR) is 523 cm³/mol. The average Bonchev–Trinajstić information content (AvgIpc) is 1.69. The molecule has 119 heavy (non-hydrogen) atoms. The van der Waals surface area contributed by atoms with E-state index in [9.17, 15) is 0 Å². The minimum Gasteiger partial charge on any atom is -0.135 e. The van der Waals surface area contributed by atoms with Gasteiger partial charge in [-0.15, -0.1) is 34.0 Å². The molecule has 3 aromatic heterocycles. The van der Waals surface area contributed by atoms with Crippen molar-refractivity contribution < 1.29 is 0 Å². The minimum absolute atomic E-state index is 0.126. The number of thiophene rings is 3. The van der Waals surface area contributed by atoms with Crippen molar-refractivity contribution in [2.75, 3.05) is 0 Å². The van der Waals surface area contributed by atoms with Crippen LogP contribution in [0.1, 0.15) is 26.3 Å². The third kappa shape index (κ3) is 12.9. The fourth-order valence-corrected chi connectivity index (χ4v) is 22.1. The molecule has 0 aliphatic heterocycles. The van der Waals surface area contributed by atoms with Gasteiger partial charge in [0.2, 0.25) is 0 Å². The van der Waals surface area contributed by atoms with E-state index in [2.05, 4.69) is 439 Å². The van der Waals surface area contributed by atoms with Crippen molar-refractivity contribution in [3.63, 3.8) is 0 Å². The van der Waals surface area contributed by atoms with Gasteiger partial charge in [-0.3, -0.25) is 0 Å². The molecule has 560 valence electrons. The van der Waals surface area contributed by atoms with Gasteiger partial charge in [0.1, 0.15) is 0 Å². The lowest BCUT2D eigenvalue weighted by Crippen LogP contribution is -2.10. The summed E-state index contributed by atoms with van der Waals surface area (Å²) in [5.74, 6) is 0. The molecule has 0 aliphatic rings. The molecular formula is C116H78S3. The molecule has 0 saturated carbocycles. The Morgan fingerprint density at radius 2 is 0.437 bits per heavy atom. The first-order valence-corrected chi connectivity index (χ1v) is 43.5. The van der Waals surface area contributed by atoms with Crippen LogP contribution in [0.15, 0.2) is 419 Å². The quantitative estimate of drug-likeness (QED) is 0.133. The van der Waals surface area contributed by atoms with Crippen LogP contribution in [0.4, 0.5) is 0 Å². The molecule has 0 nitrogen and oxygen atoms in total. The lowest BCUT2D eigenvalue weighted by Gasteiger charge is -2.20. The highest BCUT2D eigenvalue weighted by Gasteiger charge is 2.21. The van der Waals surface area contributed by atoms with E-state index in [0.717, 1.165) is 0 Å². The van der Waals surface area contributed by atoms with E-state index < -0.39 is 0 Å². The van der Waals surface area contributed by atoms with Gasteiger partial charge in [-0.1, -0.05) is 391 Å². The second-order valence-electron chi connectivity index (χ2n) is 32.4. The smallest absolute Gasteiger partial charge is 0.0433 e. The first-order valence-electron chi connectivity index (χ1n) is 41.1. The van der Waals surface area contributed by atoms with E-state index in [0.29, 0.717) is 0 Å². The highest BCUT2D eigenvalue weighted by Crippen LogP contribution is 2.48. The molecule has 0 N–H and O–H groups in total. The third-order valence-electron chi connectivity index (χ3n) is 24.4. The van der Waals surface area contributed by atoms with Crippen LogP contribution in [0.2, 0.25) is 0 Å². The van der Waals surface area contributed by atoms with Crippen LogP contribution in [0, 0.1) is 0 Å². The predicted octanol–water partition coefficient (Wildman–Crippen LogP) is 34.9. The maximum Gasteiger partial charge on any atom is 0.0433 e. The zero-order valence-corrected chi connectivity index (χ0v) is 68.5. The standard InChI is InChI=1S/C42H26S.C38H24S.C36H28S/c1-2-11-32-27(9-1)10-7-15-33(32)30-23-24-31-26-39(35-12-3-4-13-36(35)40(31)25-30)29-21-19-28(20-22-29)34-16-8-17-38-37-14-5-6-18-41(37)43-42(34)38;1-2-9-25(10-3-1)28-21-22-29-24-35(31-11-4-5-12-32(31)36(29)23-28)27-19-17-26(18-20-27)30-14-8-15-34-33-13-6-7-16-37(33)39-38(30)34;1-36(2,3)26-20-19-25-21-32(28-9-4-5-10-29(28)33(25)22-26)24-17-15-23(16-18-24)27-12-8-13-31-30-11-6-7-14-34(30)37-35(27)31/h1-26H;1-24H;4-22H,1-3H3. The van der Waals surface area contributed by atoms with Gasteiger partial charge in [0.25, 0.3) is 0 Å². The summed E-state index contributed by atoms with van der Waals surface area (Å²) < 4.78 is 8.11. The Morgan fingerprint density at radius 3 is 0.849 bits per heavy atom. The fourth-order valence-electron chi connectivity index (χ4n) is 18.4. The lowest BCUT2D eigenvalue weighted by atomic mass is 9.84. The number of hydrogen-bond donors (Lipinski definition) is 0. The SMILES string of the molecule is CC(C)(C)c1ccc2cc(-c3ccc(-c4cccc5c4sc4ccccc45)cc3)c3ccccc3c2c1.c1ccc(-c2ccc3cc(-c4ccc(-c5cccc6c5sc5ccccc56)cc4)c4ccccc4c3c2)cc1.c1ccc2c(-c3ccc4cc(-c5ccc(-c6cccc7c6sc6ccccc67)cc5)c5ccccc5c4c3)cccc2c1. The average molecular weight is 1570 g/mol. The van der Waals surface area contributed by atoms with Crippen molar-refractivity contribution in [2.45, 2.75) is 26.2 Å². The minimum atomic E-state index is 0.126. The number of benzene rings is 21. The van der Waals surface area contributed by atoms with Crippen molar-refractivity contribution >= 4 is 170 Å². The molecule has 24 aromatic rings. The van der Waals surface area contributed by atoms with Gasteiger partial charge in [-0.25, -0.2) is 0 Å². The maximum atomic E-state index is 2.39. The van der Waals surface area contributed by atoms with Crippen molar-refractivity contribution in [3.05, 3.63) is 424 Å². The Morgan fingerprint density at radius 1 is 0.151 bits per heavy atom. The zero-order chi connectivity index (χ0) is 79.2. The fraction of sp³-hybridized carbons (Fsp3) is 0.0345. The van der Waals surface area contributed by atoms with Gasteiger partial charge in [0, 0.05) is 60.5 Å². The van der Waals surface area contributed by atoms with E-state index in [1.165, 1.54) is 231 Å². The summed E-state index contributed by atoms with van der Waals surface area (Å²) in [4.78, 5) is 0. The summed E-state index contributed by atoms with van der Waals surface area (Å²) in [5, 5.41) is 26.1.